The SMILES string of the molecule is O=C(Cl)c1cc(Cl)c(-c2cc3ccccc3oc2=O)c(Cl)c1. The lowest BCUT2D eigenvalue weighted by molar-refractivity contribution is 0.108. The molecule has 1 aromatic heterocycles. The van der Waals surface area contributed by atoms with Crippen LogP contribution in [0.4, 0.5) is 0 Å². The first-order chi connectivity index (χ1) is 10.5. The molecule has 6 heteroatoms. The van der Waals surface area contributed by atoms with Gasteiger partial charge in [-0.2, -0.15) is 0 Å². The molecule has 0 aliphatic heterocycles. The van der Waals surface area contributed by atoms with Crippen LogP contribution in [0.25, 0.3) is 22.1 Å². The molecule has 0 N–H and O–H groups in total. The summed E-state index contributed by atoms with van der Waals surface area (Å²) in [4.78, 5) is 23.4. The Morgan fingerprint density at radius 2 is 1.64 bits per heavy atom. The number of para-hydroxylation sites is 1. The highest BCUT2D eigenvalue weighted by atomic mass is 35.5. The van der Waals surface area contributed by atoms with Crippen LogP contribution in [-0.4, -0.2) is 5.24 Å². The normalized spacial score (nSPS) is 10.9. The van der Waals surface area contributed by atoms with Crippen molar-refractivity contribution in [3.63, 3.8) is 0 Å². The second-order valence-corrected chi connectivity index (χ2v) is 5.73. The Hall–Kier alpha value is -1.81. The van der Waals surface area contributed by atoms with Gasteiger partial charge < -0.3 is 4.42 Å². The summed E-state index contributed by atoms with van der Waals surface area (Å²) < 4.78 is 5.27. The minimum Gasteiger partial charge on any atom is -0.422 e. The van der Waals surface area contributed by atoms with Gasteiger partial charge in [0.1, 0.15) is 5.58 Å². The Morgan fingerprint density at radius 1 is 1.00 bits per heavy atom. The van der Waals surface area contributed by atoms with Crippen molar-refractivity contribution in [1.29, 1.82) is 0 Å². The van der Waals surface area contributed by atoms with E-state index in [-0.39, 0.29) is 21.2 Å². The Balaban J connectivity index is 2.30. The van der Waals surface area contributed by atoms with Crippen molar-refractivity contribution in [2.75, 3.05) is 0 Å². The topological polar surface area (TPSA) is 47.3 Å². The Morgan fingerprint density at radius 3 is 2.27 bits per heavy atom. The molecule has 0 saturated carbocycles. The number of rotatable bonds is 2. The van der Waals surface area contributed by atoms with Gasteiger partial charge >= 0.3 is 5.63 Å². The molecule has 22 heavy (non-hydrogen) atoms. The van der Waals surface area contributed by atoms with Crippen LogP contribution in [-0.2, 0) is 0 Å². The Bertz CT molecular complexity index is 937. The largest absolute Gasteiger partial charge is 0.422 e. The second kappa shape index (κ2) is 5.76. The number of halogens is 3. The Kier molecular flexibility index (Phi) is 3.96. The van der Waals surface area contributed by atoms with E-state index in [0.717, 1.165) is 5.39 Å². The van der Waals surface area contributed by atoms with Gasteiger partial charge in [0, 0.05) is 16.5 Å². The van der Waals surface area contributed by atoms with E-state index in [0.29, 0.717) is 11.1 Å². The third-order valence-electron chi connectivity index (χ3n) is 3.18. The van der Waals surface area contributed by atoms with Crippen LogP contribution in [0.2, 0.25) is 10.0 Å². The van der Waals surface area contributed by atoms with Gasteiger partial charge in [0.15, 0.2) is 0 Å². The maximum absolute atomic E-state index is 12.2. The predicted molar refractivity (Wildman–Crippen MR) is 88.1 cm³/mol. The average molecular weight is 354 g/mol. The van der Waals surface area contributed by atoms with Gasteiger partial charge in [-0.25, -0.2) is 4.79 Å². The van der Waals surface area contributed by atoms with Gasteiger partial charge in [0.25, 0.3) is 5.24 Å². The van der Waals surface area contributed by atoms with Gasteiger partial charge in [0.05, 0.1) is 15.6 Å². The van der Waals surface area contributed by atoms with E-state index in [1.54, 1.807) is 24.3 Å². The minimum atomic E-state index is -0.680. The summed E-state index contributed by atoms with van der Waals surface area (Å²) in [5, 5.41) is 0.362. The molecule has 0 bridgehead atoms. The fraction of sp³-hybridized carbons (Fsp3) is 0. The lowest BCUT2D eigenvalue weighted by Crippen LogP contribution is -2.04. The van der Waals surface area contributed by atoms with E-state index in [9.17, 15) is 9.59 Å². The molecular formula is C16H7Cl3O3. The van der Waals surface area contributed by atoms with Crippen molar-refractivity contribution >= 4 is 51.0 Å². The third kappa shape index (κ3) is 2.63. The van der Waals surface area contributed by atoms with Crippen LogP contribution < -0.4 is 5.63 Å². The standard InChI is InChI=1S/C16H7Cl3O3/c17-11-6-9(15(19)20)7-12(18)14(11)10-5-8-3-1-2-4-13(8)22-16(10)21/h1-7H. The van der Waals surface area contributed by atoms with Crippen molar-refractivity contribution in [2.24, 2.45) is 0 Å². The number of hydrogen-bond donors (Lipinski definition) is 0. The molecule has 1 heterocycles. The van der Waals surface area contributed by atoms with Crippen LogP contribution in [0.1, 0.15) is 10.4 Å². The number of fused-ring (bicyclic) bond motifs is 1. The van der Waals surface area contributed by atoms with E-state index in [1.807, 2.05) is 6.07 Å². The molecule has 0 spiro atoms. The van der Waals surface area contributed by atoms with Crippen molar-refractivity contribution < 1.29 is 9.21 Å². The van der Waals surface area contributed by atoms with Gasteiger partial charge in [-0.15, -0.1) is 0 Å². The first-order valence-electron chi connectivity index (χ1n) is 6.19. The maximum Gasteiger partial charge on any atom is 0.344 e. The van der Waals surface area contributed by atoms with Gasteiger partial charge in [-0.05, 0) is 35.9 Å². The molecule has 0 amide bonds. The van der Waals surface area contributed by atoms with Crippen LogP contribution in [0.3, 0.4) is 0 Å². The lowest BCUT2D eigenvalue weighted by Gasteiger charge is -2.08. The summed E-state index contributed by atoms with van der Waals surface area (Å²) in [6, 6.07) is 11.5. The molecule has 3 aromatic rings. The van der Waals surface area contributed by atoms with E-state index < -0.39 is 10.9 Å². The van der Waals surface area contributed by atoms with E-state index >= 15 is 0 Å². The number of hydrogen-bond acceptors (Lipinski definition) is 3. The fourth-order valence-electron chi connectivity index (χ4n) is 2.18. The molecule has 0 radical (unpaired) electrons. The number of carbonyl (C=O) groups excluding carboxylic acids is 1. The summed E-state index contributed by atoms with van der Waals surface area (Å²) >= 11 is 17.7. The van der Waals surface area contributed by atoms with Crippen LogP contribution in [0.5, 0.6) is 0 Å². The first kappa shape index (κ1) is 15.1. The summed E-state index contributed by atoms with van der Waals surface area (Å²) in [5.41, 5.74) is 0.598. The first-order valence-corrected chi connectivity index (χ1v) is 7.33. The van der Waals surface area contributed by atoms with Crippen molar-refractivity contribution in [3.05, 3.63) is 68.5 Å². The van der Waals surface area contributed by atoms with Crippen LogP contribution in [0, 0.1) is 0 Å². The van der Waals surface area contributed by atoms with Crippen molar-refractivity contribution in [3.8, 4) is 11.1 Å². The zero-order valence-corrected chi connectivity index (χ0v) is 13.2. The molecule has 110 valence electrons. The van der Waals surface area contributed by atoms with E-state index in [2.05, 4.69) is 0 Å². The van der Waals surface area contributed by atoms with E-state index in [4.69, 9.17) is 39.2 Å². The highest BCUT2D eigenvalue weighted by Crippen LogP contribution is 2.35. The van der Waals surface area contributed by atoms with Crippen molar-refractivity contribution in [1.82, 2.24) is 0 Å². The van der Waals surface area contributed by atoms with Crippen LogP contribution >= 0.6 is 34.8 Å². The molecule has 0 unspecified atom stereocenters. The van der Waals surface area contributed by atoms with Gasteiger partial charge in [-0.1, -0.05) is 41.4 Å². The highest BCUT2D eigenvalue weighted by Gasteiger charge is 2.17. The summed E-state index contributed by atoms with van der Waals surface area (Å²) in [5.74, 6) is 0. The molecule has 0 saturated heterocycles. The maximum atomic E-state index is 12.2. The summed E-state index contributed by atoms with van der Waals surface area (Å²) in [6.45, 7) is 0. The summed E-state index contributed by atoms with van der Waals surface area (Å²) in [7, 11) is 0. The zero-order chi connectivity index (χ0) is 15.9. The fourth-order valence-corrected chi connectivity index (χ4v) is 2.98. The Labute approximate surface area is 140 Å². The van der Waals surface area contributed by atoms with Gasteiger partial charge in [0.2, 0.25) is 0 Å². The molecule has 0 aliphatic carbocycles. The molecule has 0 atom stereocenters. The molecule has 3 nitrogen and oxygen atoms in total. The summed E-state index contributed by atoms with van der Waals surface area (Å²) in [6.07, 6.45) is 0. The van der Waals surface area contributed by atoms with Gasteiger partial charge in [-0.3, -0.25) is 4.79 Å². The average Bonchev–Trinajstić information content (AvgIpc) is 2.46. The molecule has 2 aromatic carbocycles. The quantitative estimate of drug-likeness (QED) is 0.473. The van der Waals surface area contributed by atoms with E-state index in [1.165, 1.54) is 12.1 Å². The molecular weight excluding hydrogens is 347 g/mol. The molecule has 3 rings (SSSR count). The monoisotopic (exact) mass is 352 g/mol. The number of benzene rings is 2. The molecule has 0 aliphatic rings. The second-order valence-electron chi connectivity index (χ2n) is 4.57. The molecule has 0 fully saturated rings. The predicted octanol–water partition coefficient (Wildman–Crippen LogP) is 5.15. The zero-order valence-electron chi connectivity index (χ0n) is 10.9. The smallest absolute Gasteiger partial charge is 0.344 e. The lowest BCUT2D eigenvalue weighted by atomic mass is 10.0. The van der Waals surface area contributed by atoms with Crippen molar-refractivity contribution in [2.45, 2.75) is 0 Å². The minimum absolute atomic E-state index is 0.152. The van der Waals surface area contributed by atoms with Crippen LogP contribution in [0.15, 0.2) is 51.7 Å². The number of carbonyl (C=O) groups is 1. The third-order valence-corrected chi connectivity index (χ3v) is 3.99. The highest BCUT2D eigenvalue weighted by molar-refractivity contribution is 6.68.